The molecule has 0 heterocycles. The maximum atomic E-state index is 14.0. The van der Waals surface area contributed by atoms with E-state index in [4.69, 9.17) is 15.6 Å². The van der Waals surface area contributed by atoms with Crippen molar-refractivity contribution >= 4 is 45.8 Å². The number of fused-ring (bicyclic) bond motifs is 3. The molecule has 3 aromatic rings. The van der Waals surface area contributed by atoms with E-state index >= 15 is 0 Å². The molecule has 254 valence electrons. The van der Waals surface area contributed by atoms with Gasteiger partial charge in [-0.3, -0.25) is 24.1 Å². The van der Waals surface area contributed by atoms with Crippen molar-refractivity contribution in [2.45, 2.75) is 37.6 Å². The fraction of sp³-hybridized carbons (Fsp3) is 0.281. The van der Waals surface area contributed by atoms with E-state index in [0.29, 0.717) is 16.5 Å². The van der Waals surface area contributed by atoms with E-state index in [-0.39, 0.29) is 29.5 Å². The van der Waals surface area contributed by atoms with Gasteiger partial charge in [-0.25, -0.2) is 4.79 Å². The Balaban J connectivity index is 0.000000671. The van der Waals surface area contributed by atoms with Crippen LogP contribution >= 0.6 is 0 Å². The number of aliphatic hydroxyl groups excluding tert-OH is 1. The van der Waals surface area contributed by atoms with Crippen LogP contribution in [0.3, 0.4) is 0 Å². The molecular formula is C32H30F3N3O10. The highest BCUT2D eigenvalue weighted by Crippen LogP contribution is 2.51. The smallest absolute Gasteiger partial charge is 0.490 e. The quantitative estimate of drug-likeness (QED) is 0.154. The first-order valence-electron chi connectivity index (χ1n) is 14.1. The van der Waals surface area contributed by atoms with Crippen molar-refractivity contribution in [3.05, 3.63) is 76.1 Å². The van der Waals surface area contributed by atoms with Crippen molar-refractivity contribution in [3.63, 3.8) is 0 Å². The molecule has 3 atom stereocenters. The number of nitrogens with zero attached hydrogens (tertiary/aromatic N) is 1. The molecule has 0 radical (unpaired) electrons. The number of benzene rings is 3. The molecule has 0 saturated heterocycles. The number of likely N-dealkylation sites (N-methyl/N-ethyl adjacent to an activating group) is 1. The Morgan fingerprint density at radius 2 is 1.60 bits per heavy atom. The van der Waals surface area contributed by atoms with Gasteiger partial charge in [0, 0.05) is 5.92 Å². The predicted octanol–water partition coefficient (Wildman–Crippen LogP) is 2.27. The topological polar surface area (TPSA) is 228 Å². The number of aliphatic hydroxyl groups is 2. The number of Topliss-reactive ketones (excluding diaryl/α,β-unsaturated/α-hetero) is 2. The third-order valence-electron chi connectivity index (χ3n) is 8.36. The molecule has 0 saturated carbocycles. The lowest BCUT2D eigenvalue weighted by atomic mass is 9.61. The predicted molar refractivity (Wildman–Crippen MR) is 162 cm³/mol. The highest BCUT2D eigenvalue weighted by molar-refractivity contribution is 6.25. The molecule has 48 heavy (non-hydrogen) atoms. The number of phenols is 2. The summed E-state index contributed by atoms with van der Waals surface area (Å²) in [7, 11) is 3.06. The Labute approximate surface area is 269 Å². The average Bonchev–Trinajstić information content (AvgIpc) is 2.98. The summed E-state index contributed by atoms with van der Waals surface area (Å²) < 4.78 is 31.7. The molecule has 13 nitrogen and oxygen atoms in total. The van der Waals surface area contributed by atoms with Crippen LogP contribution in [0.25, 0.3) is 10.8 Å². The van der Waals surface area contributed by atoms with Crippen LogP contribution in [0.4, 0.5) is 18.9 Å². The number of nitrogens with two attached hydrogens (primary N) is 1. The number of carboxylic acids is 1. The van der Waals surface area contributed by atoms with Crippen molar-refractivity contribution < 1.29 is 62.7 Å². The van der Waals surface area contributed by atoms with Gasteiger partial charge in [-0.1, -0.05) is 36.4 Å². The van der Waals surface area contributed by atoms with E-state index in [1.54, 1.807) is 37.3 Å². The summed E-state index contributed by atoms with van der Waals surface area (Å²) in [6.07, 6.45) is -5.19. The summed E-state index contributed by atoms with van der Waals surface area (Å²) in [5, 5.41) is 55.2. The van der Waals surface area contributed by atoms with Crippen molar-refractivity contribution in [2.75, 3.05) is 19.4 Å². The van der Waals surface area contributed by atoms with Gasteiger partial charge in [-0.2, -0.15) is 13.2 Å². The van der Waals surface area contributed by atoms with Gasteiger partial charge in [0.1, 0.15) is 17.1 Å². The minimum Gasteiger partial charge on any atom is -0.508 e. The number of carbonyl (C=O) groups is 5. The molecule has 3 aromatic carbocycles. The number of phenolic OH excluding ortho intramolecular Hbond substituents is 2. The second kappa shape index (κ2) is 12.6. The maximum Gasteiger partial charge on any atom is 0.490 e. The average molecular weight is 674 g/mol. The summed E-state index contributed by atoms with van der Waals surface area (Å²) in [5.74, 6) is -10.0. The lowest BCUT2D eigenvalue weighted by Crippen LogP contribution is -2.64. The fourth-order valence-electron chi connectivity index (χ4n) is 6.16. The van der Waals surface area contributed by atoms with Gasteiger partial charge in [-0.05, 0) is 55.6 Å². The highest BCUT2D eigenvalue weighted by Gasteiger charge is 2.62. The molecule has 2 amide bonds. The lowest BCUT2D eigenvalue weighted by Gasteiger charge is -2.47. The van der Waals surface area contributed by atoms with Crippen LogP contribution in [0.5, 0.6) is 11.5 Å². The molecule has 8 N–H and O–H groups in total. The number of halogens is 3. The molecular weight excluding hydrogens is 643 g/mol. The van der Waals surface area contributed by atoms with E-state index < -0.39 is 75.9 Å². The molecule has 0 aromatic heterocycles. The fourth-order valence-corrected chi connectivity index (χ4v) is 6.16. The van der Waals surface area contributed by atoms with E-state index in [1.165, 1.54) is 25.1 Å². The Kier molecular flexibility index (Phi) is 9.29. The van der Waals surface area contributed by atoms with Gasteiger partial charge in [0.05, 0.1) is 29.1 Å². The third kappa shape index (κ3) is 5.91. The second-order valence-electron chi connectivity index (χ2n) is 11.5. The zero-order chi connectivity index (χ0) is 36.0. The first-order valence-corrected chi connectivity index (χ1v) is 14.1. The number of aliphatic carboxylic acids is 1. The first kappa shape index (κ1) is 35.4. The molecule has 5 rings (SSSR count). The Morgan fingerprint density at radius 3 is 2.12 bits per heavy atom. The number of rotatable bonds is 5. The molecule has 16 heteroatoms. The molecule has 0 aliphatic heterocycles. The molecule has 0 bridgehead atoms. The number of ketones is 2. The number of amides is 2. The number of hydrogen-bond acceptors (Lipinski definition) is 10. The minimum atomic E-state index is -5.08. The van der Waals surface area contributed by atoms with E-state index in [2.05, 4.69) is 5.32 Å². The van der Waals surface area contributed by atoms with Gasteiger partial charge in [-0.15, -0.1) is 0 Å². The number of anilines is 1. The highest BCUT2D eigenvalue weighted by atomic mass is 19.4. The van der Waals surface area contributed by atoms with E-state index in [0.717, 1.165) is 5.56 Å². The van der Waals surface area contributed by atoms with Gasteiger partial charge in [0.25, 0.3) is 5.91 Å². The standard InChI is InChI=1S/C30H29N3O8.C2HF3O2/c1-13-15-9-10-18(32-19(34)11-14-7-5-4-6-8-14)24(35)20(15)25(36)21-16(13)12-17-23(33(2)3)26(37)22(29(31)40)28(39)30(17,41)27(21)38;3-2(4,5)1(6)7/h4-10,17,23,35-36,39,41H,11-12H2,1-3H3,(H2,31,40)(H,32,34);(H,6,7)/t17-,23-,30-;/m0./s1. The maximum absolute atomic E-state index is 14.0. The molecule has 2 aliphatic carbocycles. The first-order chi connectivity index (χ1) is 22.2. The van der Waals surface area contributed by atoms with Crippen molar-refractivity contribution in [2.24, 2.45) is 11.7 Å². The number of alkyl halides is 3. The van der Waals surface area contributed by atoms with Crippen LogP contribution < -0.4 is 11.1 Å². The number of aromatic hydroxyl groups is 2. The second-order valence-corrected chi connectivity index (χ2v) is 11.5. The lowest BCUT2D eigenvalue weighted by molar-refractivity contribution is -0.192. The monoisotopic (exact) mass is 673 g/mol. The Hall–Kier alpha value is -5.48. The van der Waals surface area contributed by atoms with Gasteiger partial charge < -0.3 is 36.6 Å². The van der Waals surface area contributed by atoms with Crippen LogP contribution in [0.1, 0.15) is 27.0 Å². The molecule has 0 unspecified atom stereocenters. The number of aryl methyl sites for hydroxylation is 1. The number of nitrogens with one attached hydrogen (secondary N) is 1. The van der Waals surface area contributed by atoms with Gasteiger partial charge >= 0.3 is 12.1 Å². The third-order valence-corrected chi connectivity index (χ3v) is 8.36. The summed E-state index contributed by atoms with van der Waals surface area (Å²) >= 11 is 0. The molecule has 0 spiro atoms. The number of hydrogen-bond donors (Lipinski definition) is 7. The number of carbonyl (C=O) groups excluding carboxylic acids is 4. The number of primary amides is 1. The van der Waals surface area contributed by atoms with Crippen LogP contribution in [0.2, 0.25) is 0 Å². The summed E-state index contributed by atoms with van der Waals surface area (Å²) in [6.45, 7) is 1.66. The largest absolute Gasteiger partial charge is 0.508 e. The normalized spacial score (nSPS) is 20.5. The van der Waals surface area contributed by atoms with Gasteiger partial charge in [0.15, 0.2) is 17.1 Å². The summed E-state index contributed by atoms with van der Waals surface area (Å²) in [5.41, 5.74) is 2.86. The summed E-state index contributed by atoms with van der Waals surface area (Å²) in [4.78, 5) is 62.3. The van der Waals surface area contributed by atoms with E-state index in [1.807, 2.05) is 6.07 Å². The van der Waals surface area contributed by atoms with Crippen molar-refractivity contribution in [1.29, 1.82) is 0 Å². The summed E-state index contributed by atoms with van der Waals surface area (Å²) in [6, 6.07) is 10.8. The van der Waals surface area contributed by atoms with Crippen LogP contribution in [-0.4, -0.2) is 91.7 Å². The van der Waals surface area contributed by atoms with Crippen molar-refractivity contribution in [1.82, 2.24) is 4.90 Å². The molecule has 0 fully saturated rings. The van der Waals surface area contributed by atoms with Crippen LogP contribution in [-0.2, 0) is 32.0 Å². The Bertz CT molecular complexity index is 1910. The van der Waals surface area contributed by atoms with Gasteiger partial charge in [0.2, 0.25) is 11.7 Å². The van der Waals surface area contributed by atoms with Crippen LogP contribution in [0, 0.1) is 12.8 Å². The Morgan fingerprint density at radius 1 is 1.02 bits per heavy atom. The molecule has 2 aliphatic rings. The SMILES string of the molecule is Cc1c2c(c(O)c3c(O)c(NC(=O)Cc4ccccc4)ccc13)C(=O)[C@]1(O)C(O)=C(C(N)=O)C(=O)[C@@H](N(C)C)[C@@H]1C2.O=C(O)C(F)(F)F. The zero-order valence-corrected chi connectivity index (χ0v) is 25.5. The van der Waals surface area contributed by atoms with Crippen LogP contribution in [0.15, 0.2) is 53.8 Å². The zero-order valence-electron chi connectivity index (χ0n) is 25.5. The van der Waals surface area contributed by atoms with E-state index in [9.17, 15) is 52.8 Å². The minimum absolute atomic E-state index is 0.0115. The number of carboxylic acid groups (broad SMARTS) is 1. The van der Waals surface area contributed by atoms with Crippen molar-refractivity contribution in [3.8, 4) is 11.5 Å².